The van der Waals surface area contributed by atoms with Crippen molar-refractivity contribution in [1.82, 2.24) is 9.80 Å². The molecular formula is C22H26N2OS. The van der Waals surface area contributed by atoms with Gasteiger partial charge in [-0.3, -0.25) is 4.79 Å². The summed E-state index contributed by atoms with van der Waals surface area (Å²) in [5.74, 6) is 0.197. The number of amides is 1. The fraction of sp³-hybridized carbons (Fsp3) is 0.409. The van der Waals surface area contributed by atoms with E-state index in [1.807, 2.05) is 30.3 Å². The Morgan fingerprint density at radius 2 is 1.58 bits per heavy atom. The quantitative estimate of drug-likeness (QED) is 0.776. The Bertz CT molecular complexity index is 726. The van der Waals surface area contributed by atoms with Crippen LogP contribution < -0.4 is 0 Å². The number of rotatable bonds is 5. The van der Waals surface area contributed by atoms with E-state index in [2.05, 4.69) is 34.1 Å². The molecule has 0 N–H and O–H groups in total. The average Bonchev–Trinajstić information content (AvgIpc) is 3.35. The van der Waals surface area contributed by atoms with Gasteiger partial charge in [-0.15, -0.1) is 0 Å². The molecule has 3 nitrogen and oxygen atoms in total. The smallest absolute Gasteiger partial charge is 0.254 e. The van der Waals surface area contributed by atoms with E-state index >= 15 is 0 Å². The van der Waals surface area contributed by atoms with Crippen LogP contribution in [0.25, 0.3) is 0 Å². The molecule has 26 heavy (non-hydrogen) atoms. The highest BCUT2D eigenvalue weighted by Crippen LogP contribution is 2.28. The van der Waals surface area contributed by atoms with Crippen molar-refractivity contribution in [2.45, 2.75) is 41.5 Å². The van der Waals surface area contributed by atoms with Gasteiger partial charge in [-0.2, -0.15) is 0 Å². The highest BCUT2D eigenvalue weighted by molar-refractivity contribution is 7.99. The Labute approximate surface area is 160 Å². The summed E-state index contributed by atoms with van der Waals surface area (Å²) in [6, 6.07) is 18.8. The van der Waals surface area contributed by atoms with E-state index in [4.69, 9.17) is 0 Å². The van der Waals surface area contributed by atoms with Gasteiger partial charge in [0, 0.05) is 34.5 Å². The van der Waals surface area contributed by atoms with E-state index in [0.717, 1.165) is 31.5 Å². The van der Waals surface area contributed by atoms with Crippen molar-refractivity contribution >= 4 is 17.7 Å². The lowest BCUT2D eigenvalue weighted by Gasteiger charge is -2.28. The molecule has 0 saturated carbocycles. The van der Waals surface area contributed by atoms with Crippen molar-refractivity contribution < 1.29 is 4.79 Å². The molecule has 2 heterocycles. The van der Waals surface area contributed by atoms with Gasteiger partial charge in [-0.25, -0.2) is 0 Å². The molecule has 1 amide bonds. The van der Waals surface area contributed by atoms with Crippen LogP contribution in [-0.4, -0.2) is 47.9 Å². The lowest BCUT2D eigenvalue weighted by molar-refractivity contribution is 0.0708. The van der Waals surface area contributed by atoms with E-state index < -0.39 is 0 Å². The number of likely N-dealkylation sites (tertiary alicyclic amines) is 2. The first-order valence-corrected chi connectivity index (χ1v) is 10.5. The second-order valence-electron chi connectivity index (χ2n) is 7.24. The molecule has 2 fully saturated rings. The molecule has 0 radical (unpaired) electrons. The summed E-state index contributed by atoms with van der Waals surface area (Å²) < 4.78 is 0. The molecule has 2 saturated heterocycles. The predicted molar refractivity (Wildman–Crippen MR) is 107 cm³/mol. The topological polar surface area (TPSA) is 23.6 Å². The zero-order chi connectivity index (χ0) is 17.8. The number of hydrogen-bond donors (Lipinski definition) is 0. The lowest BCUT2D eigenvalue weighted by Crippen LogP contribution is -2.42. The maximum atomic E-state index is 13.0. The summed E-state index contributed by atoms with van der Waals surface area (Å²) >= 11 is 1.73. The number of benzene rings is 2. The van der Waals surface area contributed by atoms with E-state index in [1.165, 1.54) is 35.7 Å². The van der Waals surface area contributed by atoms with E-state index in [9.17, 15) is 4.79 Å². The summed E-state index contributed by atoms with van der Waals surface area (Å²) in [5, 5.41) is 0. The molecular weight excluding hydrogens is 340 g/mol. The van der Waals surface area contributed by atoms with Crippen LogP contribution in [0, 0.1) is 0 Å². The summed E-state index contributed by atoms with van der Waals surface area (Å²) in [6.07, 6.45) is 4.89. The number of carbonyl (C=O) groups is 1. The average molecular weight is 367 g/mol. The molecule has 0 bridgehead atoms. The van der Waals surface area contributed by atoms with Crippen molar-refractivity contribution in [3.8, 4) is 0 Å². The van der Waals surface area contributed by atoms with Gasteiger partial charge in [-0.1, -0.05) is 30.0 Å². The molecule has 2 aliphatic rings. The van der Waals surface area contributed by atoms with Crippen molar-refractivity contribution in [3.63, 3.8) is 0 Å². The first-order valence-electron chi connectivity index (χ1n) is 9.66. The third-order valence-electron chi connectivity index (χ3n) is 5.39. The van der Waals surface area contributed by atoms with E-state index in [1.54, 1.807) is 11.8 Å². The number of carbonyl (C=O) groups excluding carboxylic acids is 1. The van der Waals surface area contributed by atoms with Crippen LogP contribution in [0.3, 0.4) is 0 Å². The van der Waals surface area contributed by atoms with Crippen molar-refractivity contribution in [2.75, 3.05) is 26.2 Å². The standard InChI is InChI=1S/C22H26N2OS/c25-22(24-16-6-7-19(24)17-23-14-4-5-15-23)18-10-12-21(13-11-18)26-20-8-2-1-3-9-20/h1-3,8-13,19H,4-7,14-17H2. The van der Waals surface area contributed by atoms with Crippen LogP contribution in [0.5, 0.6) is 0 Å². The van der Waals surface area contributed by atoms with E-state index in [-0.39, 0.29) is 5.91 Å². The van der Waals surface area contributed by atoms with Gasteiger partial charge < -0.3 is 9.80 Å². The van der Waals surface area contributed by atoms with Gasteiger partial charge in [0.2, 0.25) is 0 Å². The number of hydrogen-bond acceptors (Lipinski definition) is 3. The second-order valence-corrected chi connectivity index (χ2v) is 8.39. The zero-order valence-electron chi connectivity index (χ0n) is 15.1. The van der Waals surface area contributed by atoms with E-state index in [0.29, 0.717) is 6.04 Å². The second kappa shape index (κ2) is 8.28. The van der Waals surface area contributed by atoms with Crippen molar-refractivity contribution in [2.24, 2.45) is 0 Å². The van der Waals surface area contributed by atoms with Gasteiger partial charge >= 0.3 is 0 Å². The normalized spacial score (nSPS) is 20.6. The minimum absolute atomic E-state index is 0.197. The fourth-order valence-corrected chi connectivity index (χ4v) is 4.85. The minimum atomic E-state index is 0.197. The Morgan fingerprint density at radius 3 is 2.31 bits per heavy atom. The number of nitrogens with zero attached hydrogens (tertiary/aromatic N) is 2. The van der Waals surface area contributed by atoms with Crippen LogP contribution >= 0.6 is 11.8 Å². The zero-order valence-corrected chi connectivity index (χ0v) is 16.0. The molecule has 2 aromatic rings. The summed E-state index contributed by atoms with van der Waals surface area (Å²) in [4.78, 5) is 20.0. The molecule has 1 atom stereocenters. The molecule has 2 aromatic carbocycles. The molecule has 0 aliphatic carbocycles. The van der Waals surface area contributed by atoms with Crippen molar-refractivity contribution in [1.29, 1.82) is 0 Å². The third-order valence-corrected chi connectivity index (χ3v) is 6.40. The fourth-order valence-electron chi connectivity index (χ4n) is 4.01. The molecule has 4 rings (SSSR count). The van der Waals surface area contributed by atoms with Gasteiger partial charge in [0.1, 0.15) is 0 Å². The summed E-state index contributed by atoms with van der Waals surface area (Å²) in [7, 11) is 0. The van der Waals surface area contributed by atoms with Crippen LogP contribution in [-0.2, 0) is 0 Å². The highest BCUT2D eigenvalue weighted by Gasteiger charge is 2.31. The Kier molecular flexibility index (Phi) is 5.61. The Hall–Kier alpha value is -1.78. The third kappa shape index (κ3) is 4.13. The van der Waals surface area contributed by atoms with Crippen LogP contribution in [0.1, 0.15) is 36.0 Å². The molecule has 0 aromatic heterocycles. The monoisotopic (exact) mass is 366 g/mol. The molecule has 2 aliphatic heterocycles. The molecule has 4 heteroatoms. The first-order chi connectivity index (χ1) is 12.8. The van der Waals surface area contributed by atoms with Gasteiger partial charge in [0.15, 0.2) is 0 Å². The largest absolute Gasteiger partial charge is 0.334 e. The minimum Gasteiger partial charge on any atom is -0.334 e. The summed E-state index contributed by atoms with van der Waals surface area (Å²) in [6.45, 7) is 4.35. The maximum absolute atomic E-state index is 13.0. The molecule has 136 valence electrons. The van der Waals surface area contributed by atoms with Crippen molar-refractivity contribution in [3.05, 3.63) is 60.2 Å². The summed E-state index contributed by atoms with van der Waals surface area (Å²) in [5.41, 5.74) is 0.815. The SMILES string of the molecule is O=C(c1ccc(Sc2ccccc2)cc1)N1CCCC1CN1CCCC1. The van der Waals surface area contributed by atoms with Crippen LogP contribution in [0.2, 0.25) is 0 Å². The highest BCUT2D eigenvalue weighted by atomic mass is 32.2. The van der Waals surface area contributed by atoms with Gasteiger partial charge in [0.25, 0.3) is 5.91 Å². The predicted octanol–water partition coefficient (Wildman–Crippen LogP) is 4.54. The maximum Gasteiger partial charge on any atom is 0.254 e. The van der Waals surface area contributed by atoms with Crippen LogP contribution in [0.4, 0.5) is 0 Å². The lowest BCUT2D eigenvalue weighted by atomic mass is 10.1. The van der Waals surface area contributed by atoms with Crippen LogP contribution in [0.15, 0.2) is 64.4 Å². The Balaban J connectivity index is 1.40. The molecule has 1 unspecified atom stereocenters. The first kappa shape index (κ1) is 17.6. The van der Waals surface area contributed by atoms with Gasteiger partial charge in [-0.05, 0) is 75.2 Å². The van der Waals surface area contributed by atoms with Gasteiger partial charge in [0.05, 0.1) is 0 Å². The molecule has 0 spiro atoms. The Morgan fingerprint density at radius 1 is 0.885 bits per heavy atom.